The second-order valence-corrected chi connectivity index (χ2v) is 16.6. The standard InChI is InChI=1S/C31H48N4O6S/c1-5-21-17-29(21,26(38)33-42(39,40)34-13-6-7-14-34)19-23(36)22-18-31(27(2,3)30(31)9-8-10-30)20-35(22)25(37)24(32)28(4)11-15-41-16-12-28/h5,21-22,24H,1,6-20,32H2,2-4H3,(H,33,38)/t21-,22+,24-,29-,31-/m1/s1. The van der Waals surface area contributed by atoms with E-state index in [1.807, 2.05) is 6.92 Å². The number of allylic oxidation sites excluding steroid dienone is 1. The maximum atomic E-state index is 14.3. The van der Waals surface area contributed by atoms with E-state index in [2.05, 4.69) is 25.1 Å². The van der Waals surface area contributed by atoms with Crippen LogP contribution in [-0.4, -0.2) is 80.2 Å². The van der Waals surface area contributed by atoms with Crippen molar-refractivity contribution < 1.29 is 27.5 Å². The number of ether oxygens (including phenoxy) is 1. The minimum absolute atomic E-state index is 0.000582. The molecule has 6 aliphatic rings. The molecule has 6 fully saturated rings. The van der Waals surface area contributed by atoms with Crippen LogP contribution < -0.4 is 10.5 Å². The smallest absolute Gasteiger partial charge is 0.303 e. The van der Waals surface area contributed by atoms with Gasteiger partial charge in [0.2, 0.25) is 11.8 Å². The van der Waals surface area contributed by atoms with E-state index >= 15 is 0 Å². The Balaban J connectivity index is 1.26. The quantitative estimate of drug-likeness (QED) is 0.386. The molecule has 10 nitrogen and oxygen atoms in total. The normalized spacial score (nSPS) is 36.8. The average molecular weight is 605 g/mol. The Kier molecular flexibility index (Phi) is 7.08. The van der Waals surface area contributed by atoms with Gasteiger partial charge in [-0.15, -0.1) is 6.58 Å². The molecule has 0 aromatic carbocycles. The molecule has 5 atom stereocenters. The van der Waals surface area contributed by atoms with Crippen LogP contribution in [0.15, 0.2) is 12.7 Å². The zero-order valence-electron chi connectivity index (χ0n) is 25.5. The number of carbonyl (C=O) groups excluding carboxylic acids is 3. The highest BCUT2D eigenvalue weighted by atomic mass is 32.2. The number of hydrogen-bond acceptors (Lipinski definition) is 7. The fourth-order valence-corrected chi connectivity index (χ4v) is 10.9. The molecule has 0 unspecified atom stereocenters. The van der Waals surface area contributed by atoms with Crippen LogP contribution in [0.2, 0.25) is 0 Å². The largest absolute Gasteiger partial charge is 0.381 e. The van der Waals surface area contributed by atoms with E-state index in [0.717, 1.165) is 32.1 Å². The number of amides is 2. The molecule has 3 aliphatic carbocycles. The molecule has 42 heavy (non-hydrogen) atoms. The van der Waals surface area contributed by atoms with Crippen molar-refractivity contribution >= 4 is 27.8 Å². The Bertz CT molecular complexity index is 1280. The van der Waals surface area contributed by atoms with Crippen LogP contribution in [-0.2, 0) is 29.3 Å². The first-order chi connectivity index (χ1) is 19.7. The summed E-state index contributed by atoms with van der Waals surface area (Å²) in [5.41, 5.74) is 5.10. The maximum absolute atomic E-state index is 14.3. The number of fused-ring (bicyclic) bond motifs is 1. The Morgan fingerprint density at radius 1 is 1.02 bits per heavy atom. The number of ketones is 1. The number of carbonyl (C=O) groups is 3. The zero-order chi connectivity index (χ0) is 30.3. The lowest BCUT2D eigenvalue weighted by Gasteiger charge is -2.40. The van der Waals surface area contributed by atoms with E-state index in [0.29, 0.717) is 58.5 Å². The van der Waals surface area contributed by atoms with Gasteiger partial charge < -0.3 is 15.4 Å². The minimum Gasteiger partial charge on any atom is -0.381 e. The number of nitrogens with one attached hydrogen (secondary N) is 1. The highest BCUT2D eigenvalue weighted by molar-refractivity contribution is 7.87. The van der Waals surface area contributed by atoms with Crippen LogP contribution >= 0.6 is 0 Å². The molecule has 3 aliphatic heterocycles. The van der Waals surface area contributed by atoms with Crippen LogP contribution in [0.25, 0.3) is 0 Å². The highest BCUT2D eigenvalue weighted by Crippen LogP contribution is 2.88. The summed E-state index contributed by atoms with van der Waals surface area (Å²) in [4.78, 5) is 43.8. The first kappa shape index (κ1) is 30.2. The highest BCUT2D eigenvalue weighted by Gasteiger charge is 2.85. The molecular formula is C31H48N4O6S. The first-order valence-corrected chi connectivity index (χ1v) is 17.3. The number of rotatable bonds is 9. The van der Waals surface area contributed by atoms with Crippen molar-refractivity contribution in [2.24, 2.45) is 38.7 Å². The van der Waals surface area contributed by atoms with Gasteiger partial charge in [0.1, 0.15) is 0 Å². The summed E-state index contributed by atoms with van der Waals surface area (Å²) in [6.07, 6.45) is 8.69. The Hall–Kier alpha value is -1.82. The van der Waals surface area contributed by atoms with E-state index in [9.17, 15) is 22.8 Å². The predicted octanol–water partition coefficient (Wildman–Crippen LogP) is 2.54. The second-order valence-electron chi connectivity index (χ2n) is 15.0. The van der Waals surface area contributed by atoms with Gasteiger partial charge in [0.05, 0.1) is 17.5 Å². The van der Waals surface area contributed by atoms with Crippen molar-refractivity contribution in [1.29, 1.82) is 0 Å². The Labute approximate surface area is 250 Å². The molecule has 2 spiro atoms. The van der Waals surface area contributed by atoms with Gasteiger partial charge in [-0.3, -0.25) is 14.4 Å². The van der Waals surface area contributed by atoms with Crippen LogP contribution in [0, 0.1) is 33.0 Å². The molecule has 234 valence electrons. The number of nitrogens with zero attached hydrogens (tertiary/aromatic N) is 2. The number of Topliss-reactive ketones (excluding diaryl/α,β-unsaturated/α-hetero) is 1. The van der Waals surface area contributed by atoms with Gasteiger partial charge in [-0.25, -0.2) is 4.72 Å². The van der Waals surface area contributed by atoms with Crippen molar-refractivity contribution in [2.75, 3.05) is 32.8 Å². The average Bonchev–Trinajstić information content (AvgIpc) is 3.40. The van der Waals surface area contributed by atoms with Crippen molar-refractivity contribution in [3.8, 4) is 0 Å². The van der Waals surface area contributed by atoms with Gasteiger partial charge >= 0.3 is 10.2 Å². The van der Waals surface area contributed by atoms with Gasteiger partial charge in [-0.05, 0) is 73.5 Å². The van der Waals surface area contributed by atoms with Gasteiger partial charge in [-0.1, -0.05) is 33.3 Å². The second kappa shape index (κ2) is 9.84. The van der Waals surface area contributed by atoms with E-state index in [-0.39, 0.29) is 40.3 Å². The molecule has 0 aromatic heterocycles. The molecule has 3 N–H and O–H groups in total. The lowest BCUT2D eigenvalue weighted by atomic mass is 9.73. The number of hydrogen-bond donors (Lipinski definition) is 2. The summed E-state index contributed by atoms with van der Waals surface area (Å²) < 4.78 is 35.0. The fourth-order valence-electron chi connectivity index (χ4n) is 9.57. The van der Waals surface area contributed by atoms with Gasteiger partial charge in [-0.2, -0.15) is 12.7 Å². The van der Waals surface area contributed by atoms with Crippen LogP contribution in [0.3, 0.4) is 0 Å². The van der Waals surface area contributed by atoms with E-state index in [1.54, 1.807) is 11.0 Å². The SMILES string of the molecule is C=C[C@@H]1C[C@]1(CC(=O)[C@@H]1C[C@@]2(CN1C(=O)[C@@H](N)C1(C)CCOCC1)C(C)(C)C21CCC1)C(=O)NS(=O)(=O)N1CCCC1. The third-order valence-corrected chi connectivity index (χ3v) is 14.6. The molecule has 0 aromatic rings. The molecular weight excluding hydrogens is 556 g/mol. The van der Waals surface area contributed by atoms with Crippen LogP contribution in [0.5, 0.6) is 0 Å². The van der Waals surface area contributed by atoms with E-state index < -0.39 is 39.0 Å². The summed E-state index contributed by atoms with van der Waals surface area (Å²) in [7, 11) is -3.98. The monoisotopic (exact) mass is 604 g/mol. The van der Waals surface area contributed by atoms with Crippen LogP contribution in [0.1, 0.15) is 85.0 Å². The van der Waals surface area contributed by atoms with Gasteiger partial charge in [0, 0.05) is 44.7 Å². The maximum Gasteiger partial charge on any atom is 0.303 e. The Morgan fingerprint density at radius 3 is 2.19 bits per heavy atom. The third-order valence-electron chi connectivity index (χ3n) is 13.1. The molecule has 6 rings (SSSR count). The van der Waals surface area contributed by atoms with Crippen LogP contribution in [0.4, 0.5) is 0 Å². The molecule has 3 saturated heterocycles. The summed E-state index contributed by atoms with van der Waals surface area (Å²) in [5, 5.41) is 0. The summed E-state index contributed by atoms with van der Waals surface area (Å²) in [6, 6.07) is -1.44. The molecule has 2 amide bonds. The molecule has 3 heterocycles. The van der Waals surface area contributed by atoms with E-state index in [1.165, 1.54) is 4.31 Å². The molecule has 0 radical (unpaired) electrons. The Morgan fingerprint density at radius 2 is 1.67 bits per heavy atom. The predicted molar refractivity (Wildman–Crippen MR) is 157 cm³/mol. The molecule has 0 bridgehead atoms. The van der Waals surface area contributed by atoms with E-state index in [4.69, 9.17) is 10.5 Å². The molecule has 11 heteroatoms. The minimum atomic E-state index is -3.98. The van der Waals surface area contributed by atoms with Gasteiger partial charge in [0.15, 0.2) is 5.78 Å². The molecule has 3 saturated carbocycles. The van der Waals surface area contributed by atoms with Crippen molar-refractivity contribution in [1.82, 2.24) is 13.9 Å². The number of nitrogens with two attached hydrogens (primary N) is 1. The summed E-state index contributed by atoms with van der Waals surface area (Å²) in [6.45, 7) is 12.8. The van der Waals surface area contributed by atoms with Crippen molar-refractivity contribution in [3.63, 3.8) is 0 Å². The lowest BCUT2D eigenvalue weighted by molar-refractivity contribution is -0.143. The summed E-state index contributed by atoms with van der Waals surface area (Å²) in [5.74, 6) is -1.32. The fraction of sp³-hybridized carbons (Fsp3) is 0.839. The topological polar surface area (TPSA) is 139 Å². The third kappa shape index (κ3) is 4.12. The van der Waals surface area contributed by atoms with Gasteiger partial charge in [0.25, 0.3) is 0 Å². The number of likely N-dealkylation sites (tertiary alicyclic amines) is 1. The summed E-state index contributed by atoms with van der Waals surface area (Å²) >= 11 is 0. The zero-order valence-corrected chi connectivity index (χ0v) is 26.3. The first-order valence-electron chi connectivity index (χ1n) is 15.8. The van der Waals surface area contributed by atoms with Crippen molar-refractivity contribution in [3.05, 3.63) is 12.7 Å². The van der Waals surface area contributed by atoms with Crippen molar-refractivity contribution in [2.45, 2.75) is 97.1 Å². The lowest BCUT2D eigenvalue weighted by Crippen LogP contribution is -2.56.